The number of nitrogens with one attached hydrogen (secondary N) is 2. The maximum atomic E-state index is 12.7. The smallest absolute Gasteiger partial charge is 0.345 e. The monoisotopic (exact) mass is 356 g/mol. The molecule has 2 rings (SSSR count). The zero-order valence-corrected chi connectivity index (χ0v) is 14.3. The summed E-state index contributed by atoms with van der Waals surface area (Å²) in [6, 6.07) is 4.14. The van der Waals surface area contributed by atoms with E-state index in [1.807, 2.05) is 0 Å². The van der Waals surface area contributed by atoms with Crippen LogP contribution in [0.5, 0.6) is 0 Å². The first kappa shape index (κ1) is 19.3. The van der Waals surface area contributed by atoms with Gasteiger partial charge in [-0.2, -0.15) is 13.2 Å². The Labute approximate surface area is 145 Å². The topological polar surface area (TPSA) is 58.2 Å². The van der Waals surface area contributed by atoms with Gasteiger partial charge in [0.2, 0.25) is 0 Å². The average Bonchev–Trinajstić information content (AvgIpc) is 2.54. The van der Waals surface area contributed by atoms with Gasteiger partial charge in [-0.15, -0.1) is 0 Å². The van der Waals surface area contributed by atoms with Crippen molar-refractivity contribution in [2.24, 2.45) is 11.8 Å². The van der Waals surface area contributed by atoms with Gasteiger partial charge in [0, 0.05) is 11.7 Å². The van der Waals surface area contributed by atoms with Crippen LogP contribution in [0.25, 0.3) is 0 Å². The number of amides is 2. The van der Waals surface area contributed by atoms with Crippen LogP contribution in [0.15, 0.2) is 24.3 Å². The molecule has 1 fully saturated rings. The Bertz CT molecular complexity index is 629. The molecule has 0 saturated heterocycles. The van der Waals surface area contributed by atoms with E-state index in [1.54, 1.807) is 0 Å². The highest BCUT2D eigenvalue weighted by Crippen LogP contribution is 2.31. The predicted molar refractivity (Wildman–Crippen MR) is 88.8 cm³/mol. The van der Waals surface area contributed by atoms with Crippen molar-refractivity contribution in [3.8, 4) is 0 Å². The first-order chi connectivity index (χ1) is 11.7. The minimum Gasteiger partial charge on any atom is -0.345 e. The van der Waals surface area contributed by atoms with Crippen LogP contribution >= 0.6 is 0 Å². The third-order valence-electron chi connectivity index (χ3n) is 4.65. The molecular weight excluding hydrogens is 333 g/mol. The van der Waals surface area contributed by atoms with E-state index in [2.05, 4.69) is 24.5 Å². The highest BCUT2D eigenvalue weighted by atomic mass is 19.4. The van der Waals surface area contributed by atoms with Crippen LogP contribution in [0.2, 0.25) is 0 Å². The lowest BCUT2D eigenvalue weighted by Crippen LogP contribution is -2.47. The van der Waals surface area contributed by atoms with E-state index in [4.69, 9.17) is 0 Å². The Morgan fingerprint density at radius 1 is 1.12 bits per heavy atom. The first-order valence-corrected chi connectivity index (χ1v) is 8.47. The molecule has 4 nitrogen and oxygen atoms in total. The van der Waals surface area contributed by atoms with Crippen molar-refractivity contribution in [2.45, 2.75) is 51.7 Å². The lowest BCUT2D eigenvalue weighted by Gasteiger charge is -2.34. The van der Waals surface area contributed by atoms with Gasteiger partial charge in [0.05, 0.1) is 5.56 Å². The summed E-state index contributed by atoms with van der Waals surface area (Å²) in [7, 11) is 0. The molecule has 1 saturated carbocycles. The quantitative estimate of drug-likeness (QED) is 0.805. The number of benzene rings is 1. The Kier molecular flexibility index (Phi) is 6.08. The molecule has 0 radical (unpaired) electrons. The van der Waals surface area contributed by atoms with Crippen molar-refractivity contribution in [2.75, 3.05) is 5.32 Å². The van der Waals surface area contributed by atoms with Gasteiger partial charge < -0.3 is 10.6 Å². The number of hydrogen-bond acceptors (Lipinski definition) is 2. The van der Waals surface area contributed by atoms with Gasteiger partial charge in [-0.3, -0.25) is 9.59 Å². The Morgan fingerprint density at radius 2 is 1.80 bits per heavy atom. The van der Waals surface area contributed by atoms with E-state index < -0.39 is 23.6 Å². The second-order valence-corrected chi connectivity index (χ2v) is 6.80. The minimum absolute atomic E-state index is 0.0565. The fourth-order valence-corrected chi connectivity index (χ4v) is 3.33. The van der Waals surface area contributed by atoms with E-state index >= 15 is 0 Å². The Balaban J connectivity index is 1.99. The number of hydrogen-bond donors (Lipinski definition) is 2. The highest BCUT2D eigenvalue weighted by Gasteiger charge is 2.32. The highest BCUT2D eigenvalue weighted by molar-refractivity contribution is 6.39. The molecule has 1 aliphatic carbocycles. The number of anilines is 1. The summed E-state index contributed by atoms with van der Waals surface area (Å²) in [5, 5.41) is 4.98. The third-order valence-corrected chi connectivity index (χ3v) is 4.65. The van der Waals surface area contributed by atoms with Crippen LogP contribution in [0.1, 0.15) is 45.1 Å². The summed E-state index contributed by atoms with van der Waals surface area (Å²) in [6.45, 7) is 4.16. The molecule has 1 aromatic carbocycles. The normalized spacial score (nSPS) is 21.0. The van der Waals surface area contributed by atoms with E-state index in [0.29, 0.717) is 11.8 Å². The van der Waals surface area contributed by atoms with Crippen molar-refractivity contribution < 1.29 is 22.8 Å². The van der Waals surface area contributed by atoms with E-state index in [9.17, 15) is 22.8 Å². The molecule has 2 N–H and O–H groups in total. The Morgan fingerprint density at radius 3 is 2.44 bits per heavy atom. The van der Waals surface area contributed by atoms with E-state index in [1.165, 1.54) is 12.1 Å². The third kappa shape index (κ3) is 5.21. The van der Waals surface area contributed by atoms with Crippen molar-refractivity contribution >= 4 is 17.5 Å². The number of halogens is 3. The van der Waals surface area contributed by atoms with Crippen LogP contribution in [0, 0.1) is 11.8 Å². The average molecular weight is 356 g/mol. The molecular formula is C18H23F3N2O2. The van der Waals surface area contributed by atoms with Crippen molar-refractivity contribution in [1.29, 1.82) is 0 Å². The summed E-state index contributed by atoms with van der Waals surface area (Å²) in [5.74, 6) is -1.07. The number of carbonyl (C=O) groups is 2. The molecule has 0 aromatic heterocycles. The summed E-state index contributed by atoms with van der Waals surface area (Å²) in [5.41, 5.74) is -0.933. The second-order valence-electron chi connectivity index (χ2n) is 6.80. The van der Waals surface area contributed by atoms with Crippen molar-refractivity contribution in [3.63, 3.8) is 0 Å². The number of alkyl halides is 3. The van der Waals surface area contributed by atoms with Gasteiger partial charge >= 0.3 is 18.0 Å². The molecule has 25 heavy (non-hydrogen) atoms. The summed E-state index contributed by atoms with van der Waals surface area (Å²) >= 11 is 0. The molecule has 1 aromatic rings. The molecule has 0 bridgehead atoms. The summed E-state index contributed by atoms with van der Waals surface area (Å²) < 4.78 is 38.1. The van der Waals surface area contributed by atoms with Crippen LogP contribution in [0.3, 0.4) is 0 Å². The Hall–Kier alpha value is -2.05. The fourth-order valence-electron chi connectivity index (χ4n) is 3.33. The van der Waals surface area contributed by atoms with Crippen LogP contribution < -0.4 is 10.6 Å². The van der Waals surface area contributed by atoms with E-state index in [-0.39, 0.29) is 11.7 Å². The molecule has 7 heteroatoms. The fraction of sp³-hybridized carbons (Fsp3) is 0.556. The van der Waals surface area contributed by atoms with Crippen molar-refractivity contribution in [1.82, 2.24) is 5.32 Å². The second kappa shape index (κ2) is 7.89. The maximum absolute atomic E-state index is 12.7. The molecule has 0 heterocycles. The van der Waals surface area contributed by atoms with Crippen LogP contribution in [-0.4, -0.2) is 17.9 Å². The summed E-state index contributed by atoms with van der Waals surface area (Å²) in [4.78, 5) is 24.1. The molecule has 2 atom stereocenters. The number of carbonyl (C=O) groups excluding carboxylic acids is 2. The SMILES string of the molecule is CC(C)C1CCCCC1NC(=O)C(=O)Nc1cccc(C(F)(F)F)c1. The van der Waals surface area contributed by atoms with E-state index in [0.717, 1.165) is 37.8 Å². The molecule has 0 spiro atoms. The summed E-state index contributed by atoms with van der Waals surface area (Å²) in [6.07, 6.45) is -0.603. The van der Waals surface area contributed by atoms with Crippen molar-refractivity contribution in [3.05, 3.63) is 29.8 Å². The molecule has 1 aliphatic rings. The standard InChI is InChI=1S/C18H23F3N2O2/c1-11(2)14-8-3-4-9-15(14)23-17(25)16(24)22-13-7-5-6-12(10-13)18(19,20)21/h5-7,10-11,14-15H,3-4,8-9H2,1-2H3,(H,22,24)(H,23,25). The largest absolute Gasteiger partial charge is 0.416 e. The zero-order chi connectivity index (χ0) is 18.6. The zero-order valence-electron chi connectivity index (χ0n) is 14.3. The van der Waals surface area contributed by atoms with Gasteiger partial charge in [-0.1, -0.05) is 32.8 Å². The van der Waals surface area contributed by atoms with Crippen LogP contribution in [-0.2, 0) is 15.8 Å². The van der Waals surface area contributed by atoms with Gasteiger partial charge in [0.1, 0.15) is 0 Å². The number of rotatable bonds is 3. The van der Waals surface area contributed by atoms with Gasteiger partial charge in [-0.05, 0) is 42.9 Å². The van der Waals surface area contributed by atoms with Gasteiger partial charge in [0.15, 0.2) is 0 Å². The lowest BCUT2D eigenvalue weighted by molar-refractivity contribution is -0.137. The first-order valence-electron chi connectivity index (χ1n) is 8.47. The lowest BCUT2D eigenvalue weighted by atomic mass is 9.78. The molecule has 0 aliphatic heterocycles. The minimum atomic E-state index is -4.50. The van der Waals surface area contributed by atoms with Gasteiger partial charge in [-0.25, -0.2) is 0 Å². The predicted octanol–water partition coefficient (Wildman–Crippen LogP) is 3.97. The molecule has 2 unspecified atom stereocenters. The molecule has 2 amide bonds. The van der Waals surface area contributed by atoms with Gasteiger partial charge in [0.25, 0.3) is 0 Å². The molecule has 138 valence electrons. The maximum Gasteiger partial charge on any atom is 0.416 e. The van der Waals surface area contributed by atoms with Crippen LogP contribution in [0.4, 0.5) is 18.9 Å².